The van der Waals surface area contributed by atoms with Gasteiger partial charge in [-0.25, -0.2) is 23.8 Å². The summed E-state index contributed by atoms with van der Waals surface area (Å²) in [5.74, 6) is 0.716. The van der Waals surface area contributed by atoms with Gasteiger partial charge in [-0.05, 0) is 65.4 Å². The predicted molar refractivity (Wildman–Crippen MR) is 121 cm³/mol. The van der Waals surface area contributed by atoms with E-state index in [9.17, 15) is 9.18 Å². The van der Waals surface area contributed by atoms with Crippen LogP contribution in [0.25, 0.3) is 10.9 Å². The molecule has 12 heteroatoms. The van der Waals surface area contributed by atoms with Crippen LogP contribution in [0.4, 0.5) is 20.8 Å². The standard InChI is InChI=1S/C22H18FN9O2/c1-13-8-15(2-4-18(13)23)27-22(33)31-7-6-14-9-17(3-5-19(14)31)34-20-10-16(25-12-26-20)11-32-21(24)28-29-30-32/h2-10,12H,11H2,1H3,(H,27,33)(H2,24,28,30). The number of aryl methyl sites for hydroxylation is 1. The van der Waals surface area contributed by atoms with Crippen molar-refractivity contribution in [1.82, 2.24) is 34.7 Å². The zero-order chi connectivity index (χ0) is 23.7. The first-order chi connectivity index (χ1) is 16.5. The second kappa shape index (κ2) is 8.58. The van der Waals surface area contributed by atoms with Crippen LogP contribution in [0, 0.1) is 12.7 Å². The molecule has 11 nitrogen and oxygen atoms in total. The minimum Gasteiger partial charge on any atom is -0.439 e. The number of benzene rings is 2. The van der Waals surface area contributed by atoms with Crippen LogP contribution >= 0.6 is 0 Å². The molecule has 3 N–H and O–H groups in total. The Hall–Kier alpha value is -4.87. The van der Waals surface area contributed by atoms with Crippen LogP contribution < -0.4 is 15.8 Å². The third-order valence-corrected chi connectivity index (χ3v) is 5.08. The van der Waals surface area contributed by atoms with E-state index < -0.39 is 0 Å². The average molecular weight is 459 g/mol. The van der Waals surface area contributed by atoms with Gasteiger partial charge in [0.1, 0.15) is 17.9 Å². The lowest BCUT2D eigenvalue weighted by molar-refractivity contribution is 0.254. The molecule has 0 spiro atoms. The maximum atomic E-state index is 13.5. The van der Waals surface area contributed by atoms with E-state index in [-0.39, 0.29) is 24.3 Å². The zero-order valence-corrected chi connectivity index (χ0v) is 17.9. The summed E-state index contributed by atoms with van der Waals surface area (Å²) >= 11 is 0. The summed E-state index contributed by atoms with van der Waals surface area (Å²) in [7, 11) is 0. The molecule has 0 aliphatic rings. The molecule has 0 fully saturated rings. The first kappa shape index (κ1) is 21.0. The second-order valence-electron chi connectivity index (χ2n) is 7.44. The number of hydrogen-bond donors (Lipinski definition) is 2. The number of fused-ring (bicyclic) bond motifs is 1. The van der Waals surface area contributed by atoms with Crippen molar-refractivity contribution < 1.29 is 13.9 Å². The lowest BCUT2D eigenvalue weighted by Gasteiger charge is -2.09. The van der Waals surface area contributed by atoms with Gasteiger partial charge in [0.05, 0.1) is 17.8 Å². The second-order valence-corrected chi connectivity index (χ2v) is 7.44. The normalized spacial score (nSPS) is 11.0. The van der Waals surface area contributed by atoms with Gasteiger partial charge in [0, 0.05) is 23.3 Å². The number of aromatic nitrogens is 7. The number of amides is 1. The molecule has 0 aliphatic carbocycles. The molecule has 170 valence electrons. The Labute approximate surface area is 192 Å². The van der Waals surface area contributed by atoms with Gasteiger partial charge in [0.15, 0.2) is 0 Å². The van der Waals surface area contributed by atoms with Crippen molar-refractivity contribution >= 4 is 28.6 Å². The molecule has 0 unspecified atom stereocenters. The Morgan fingerprint density at radius 1 is 1.15 bits per heavy atom. The van der Waals surface area contributed by atoms with Crippen molar-refractivity contribution in [2.75, 3.05) is 11.1 Å². The third-order valence-electron chi connectivity index (χ3n) is 5.08. The van der Waals surface area contributed by atoms with Gasteiger partial charge in [-0.2, -0.15) is 0 Å². The Morgan fingerprint density at radius 3 is 2.82 bits per heavy atom. The van der Waals surface area contributed by atoms with Crippen molar-refractivity contribution in [3.05, 3.63) is 78.1 Å². The van der Waals surface area contributed by atoms with Crippen molar-refractivity contribution in [3.63, 3.8) is 0 Å². The number of anilines is 2. The fourth-order valence-corrected chi connectivity index (χ4v) is 3.38. The van der Waals surface area contributed by atoms with E-state index in [0.29, 0.717) is 34.1 Å². The lowest BCUT2D eigenvalue weighted by Crippen LogP contribution is -2.18. The summed E-state index contributed by atoms with van der Waals surface area (Å²) in [6, 6.07) is 12.8. The highest BCUT2D eigenvalue weighted by Gasteiger charge is 2.12. The highest BCUT2D eigenvalue weighted by atomic mass is 19.1. The van der Waals surface area contributed by atoms with Crippen molar-refractivity contribution in [2.24, 2.45) is 0 Å². The van der Waals surface area contributed by atoms with Gasteiger partial charge in [-0.3, -0.25) is 4.57 Å². The number of carbonyl (C=O) groups excluding carboxylic acids is 1. The van der Waals surface area contributed by atoms with Crippen LogP contribution in [0.15, 0.2) is 61.1 Å². The van der Waals surface area contributed by atoms with Gasteiger partial charge < -0.3 is 15.8 Å². The summed E-state index contributed by atoms with van der Waals surface area (Å²) in [6.07, 6.45) is 3.03. The minimum atomic E-state index is -0.364. The number of nitrogens with zero attached hydrogens (tertiary/aromatic N) is 7. The first-order valence-corrected chi connectivity index (χ1v) is 10.2. The van der Waals surface area contributed by atoms with Crippen LogP contribution in [0.5, 0.6) is 11.6 Å². The maximum Gasteiger partial charge on any atom is 0.330 e. The molecule has 5 rings (SSSR count). The Balaban J connectivity index is 1.32. The van der Waals surface area contributed by atoms with Crippen LogP contribution in [-0.2, 0) is 6.54 Å². The van der Waals surface area contributed by atoms with E-state index in [0.717, 1.165) is 5.39 Å². The number of rotatable bonds is 5. The van der Waals surface area contributed by atoms with Crippen molar-refractivity contribution in [1.29, 1.82) is 0 Å². The number of nitrogens with two attached hydrogens (primary N) is 1. The van der Waals surface area contributed by atoms with E-state index >= 15 is 0 Å². The number of ether oxygens (including phenoxy) is 1. The predicted octanol–water partition coefficient (Wildman–Crippen LogP) is 3.37. The van der Waals surface area contributed by atoms with E-state index in [4.69, 9.17) is 10.5 Å². The fraction of sp³-hybridized carbons (Fsp3) is 0.0909. The molecule has 2 aromatic carbocycles. The van der Waals surface area contributed by atoms with E-state index in [1.165, 1.54) is 27.7 Å². The van der Waals surface area contributed by atoms with Crippen LogP contribution in [-0.4, -0.2) is 40.8 Å². The third kappa shape index (κ3) is 4.24. The average Bonchev–Trinajstić information content (AvgIpc) is 3.42. The molecule has 0 saturated heterocycles. The molecular formula is C22H18FN9O2. The number of carbonyl (C=O) groups is 1. The quantitative estimate of drug-likeness (QED) is 0.408. The summed E-state index contributed by atoms with van der Waals surface area (Å²) in [6.45, 7) is 1.90. The zero-order valence-electron chi connectivity index (χ0n) is 17.9. The monoisotopic (exact) mass is 459 g/mol. The molecule has 1 amide bonds. The molecule has 0 bridgehead atoms. The van der Waals surface area contributed by atoms with Crippen LogP contribution in [0.1, 0.15) is 11.3 Å². The van der Waals surface area contributed by atoms with Crippen LogP contribution in [0.2, 0.25) is 0 Å². The van der Waals surface area contributed by atoms with Gasteiger partial charge >= 0.3 is 6.03 Å². The SMILES string of the molecule is Cc1cc(NC(=O)n2ccc3cc(Oc4cc(Cn5nnnc5N)ncn4)ccc32)ccc1F. The summed E-state index contributed by atoms with van der Waals surface area (Å²) in [5, 5.41) is 14.5. The summed E-state index contributed by atoms with van der Waals surface area (Å²) in [5.41, 5.74) is 7.94. The Kier molecular flexibility index (Phi) is 5.30. The number of nitrogen functional groups attached to an aromatic ring is 1. The van der Waals surface area contributed by atoms with Crippen molar-refractivity contribution in [3.8, 4) is 11.6 Å². The highest BCUT2D eigenvalue weighted by Crippen LogP contribution is 2.26. The lowest BCUT2D eigenvalue weighted by atomic mass is 10.2. The van der Waals surface area contributed by atoms with Gasteiger partial charge in [0.25, 0.3) is 0 Å². The molecule has 0 radical (unpaired) electrons. The first-order valence-electron chi connectivity index (χ1n) is 10.2. The molecule has 5 aromatic rings. The topological polar surface area (TPSA) is 139 Å². The number of hydrogen-bond acceptors (Lipinski definition) is 8. The Morgan fingerprint density at radius 2 is 2.03 bits per heavy atom. The number of halogens is 1. The molecule has 3 heterocycles. The largest absolute Gasteiger partial charge is 0.439 e. The Bertz CT molecular complexity index is 1510. The van der Waals surface area contributed by atoms with Gasteiger partial charge in [0.2, 0.25) is 11.8 Å². The van der Waals surface area contributed by atoms with Crippen molar-refractivity contribution in [2.45, 2.75) is 13.5 Å². The summed E-state index contributed by atoms with van der Waals surface area (Å²) in [4.78, 5) is 21.1. The van der Waals surface area contributed by atoms with E-state index in [2.05, 4.69) is 30.8 Å². The minimum absolute atomic E-state index is 0.176. The molecule has 3 aromatic heterocycles. The fourth-order valence-electron chi connectivity index (χ4n) is 3.38. The highest BCUT2D eigenvalue weighted by molar-refractivity contribution is 5.98. The van der Waals surface area contributed by atoms with E-state index in [1.54, 1.807) is 49.5 Å². The van der Waals surface area contributed by atoms with Gasteiger partial charge in [-0.1, -0.05) is 5.10 Å². The smallest absolute Gasteiger partial charge is 0.330 e. The number of nitrogens with one attached hydrogen (secondary N) is 1. The number of tetrazole rings is 1. The molecular weight excluding hydrogens is 441 g/mol. The van der Waals surface area contributed by atoms with Gasteiger partial charge in [-0.15, -0.1) is 0 Å². The maximum absolute atomic E-state index is 13.5. The van der Waals surface area contributed by atoms with E-state index in [1.807, 2.05) is 0 Å². The summed E-state index contributed by atoms with van der Waals surface area (Å²) < 4.78 is 22.2. The molecule has 0 saturated carbocycles. The molecule has 34 heavy (non-hydrogen) atoms. The van der Waals surface area contributed by atoms with Crippen LogP contribution in [0.3, 0.4) is 0 Å². The molecule has 0 atom stereocenters. The molecule has 0 aliphatic heterocycles.